The Morgan fingerprint density at radius 2 is 2.05 bits per heavy atom. The molecule has 0 unspecified atom stereocenters. The third-order valence-electron chi connectivity index (χ3n) is 3.45. The van der Waals surface area contributed by atoms with Gasteiger partial charge in [0.2, 0.25) is 0 Å². The number of anilines is 1. The first-order valence-electron chi connectivity index (χ1n) is 6.48. The Labute approximate surface area is 114 Å². The van der Waals surface area contributed by atoms with Crippen LogP contribution in [0.4, 0.5) is 11.4 Å². The van der Waals surface area contributed by atoms with Crippen LogP contribution in [0.2, 0.25) is 0 Å². The molecule has 3 rings (SSSR count). The van der Waals surface area contributed by atoms with Crippen molar-refractivity contribution < 1.29 is 4.92 Å². The molecule has 8 heteroatoms. The fourth-order valence-corrected chi connectivity index (χ4v) is 2.48. The normalized spacial score (nSPS) is 15.3. The number of hydrogen-bond acceptors (Lipinski definition) is 6. The molecule has 0 radical (unpaired) electrons. The second kappa shape index (κ2) is 5.24. The summed E-state index contributed by atoms with van der Waals surface area (Å²) in [4.78, 5) is 12.7. The van der Waals surface area contributed by atoms with Crippen molar-refractivity contribution >= 4 is 11.4 Å². The third-order valence-corrected chi connectivity index (χ3v) is 3.45. The monoisotopic (exact) mass is 273 g/mol. The molecule has 0 bridgehead atoms. The van der Waals surface area contributed by atoms with E-state index >= 15 is 0 Å². The van der Waals surface area contributed by atoms with Gasteiger partial charge in [-0.2, -0.15) is 5.21 Å². The van der Waals surface area contributed by atoms with Crippen LogP contribution in [0, 0.1) is 10.1 Å². The lowest BCUT2D eigenvalue weighted by Gasteiger charge is -2.30. The van der Waals surface area contributed by atoms with Crippen LogP contribution in [0.15, 0.2) is 18.2 Å². The van der Waals surface area contributed by atoms with Crippen molar-refractivity contribution in [2.24, 2.45) is 0 Å². The molecule has 0 spiro atoms. The number of non-ortho nitro benzene ring substituents is 1. The minimum atomic E-state index is -0.423. The lowest BCUT2D eigenvalue weighted by molar-refractivity contribution is -0.384. The third kappa shape index (κ3) is 2.31. The largest absolute Gasteiger partial charge is 0.371 e. The van der Waals surface area contributed by atoms with Crippen LogP contribution in [-0.2, 0) is 0 Å². The van der Waals surface area contributed by atoms with Gasteiger partial charge in [-0.1, -0.05) is 0 Å². The van der Waals surface area contributed by atoms with Gasteiger partial charge >= 0.3 is 0 Å². The molecule has 0 atom stereocenters. The summed E-state index contributed by atoms with van der Waals surface area (Å²) in [5, 5.41) is 25.5. The van der Waals surface area contributed by atoms with E-state index in [1.807, 2.05) is 0 Å². The van der Waals surface area contributed by atoms with Gasteiger partial charge in [-0.3, -0.25) is 20.4 Å². The summed E-state index contributed by atoms with van der Waals surface area (Å²) in [6.45, 7) is 1.87. The molecule has 0 N–H and O–H groups in total. The molecule has 8 nitrogen and oxygen atoms in total. The molecule has 0 aliphatic carbocycles. The number of rotatable bonds is 3. The van der Waals surface area contributed by atoms with Crippen molar-refractivity contribution in [2.45, 2.75) is 19.3 Å². The Bertz CT molecular complexity index is 606. The fourth-order valence-electron chi connectivity index (χ4n) is 2.48. The van der Waals surface area contributed by atoms with Gasteiger partial charge in [-0.05, 0) is 25.3 Å². The van der Waals surface area contributed by atoms with E-state index in [1.54, 1.807) is 6.07 Å². The zero-order chi connectivity index (χ0) is 13.9. The van der Waals surface area contributed by atoms with E-state index in [2.05, 4.69) is 25.5 Å². The van der Waals surface area contributed by atoms with E-state index in [4.69, 9.17) is 0 Å². The maximum atomic E-state index is 10.9. The Morgan fingerprint density at radius 1 is 1.25 bits per heavy atom. The molecule has 104 valence electrons. The molecule has 0 amide bonds. The first kappa shape index (κ1) is 12.5. The van der Waals surface area contributed by atoms with E-state index in [0.717, 1.165) is 31.6 Å². The quantitative estimate of drug-likeness (QED) is 0.615. The first-order chi connectivity index (χ1) is 9.75. The van der Waals surface area contributed by atoms with Crippen LogP contribution in [0.5, 0.6) is 0 Å². The predicted octanol–water partition coefficient (Wildman–Crippen LogP) is 1.39. The summed E-state index contributed by atoms with van der Waals surface area (Å²) in [7, 11) is 0. The van der Waals surface area contributed by atoms with Gasteiger partial charge in [0, 0.05) is 42.3 Å². The van der Waals surface area contributed by atoms with Gasteiger partial charge < -0.3 is 10.00 Å². The summed E-state index contributed by atoms with van der Waals surface area (Å²) >= 11 is 0. The summed E-state index contributed by atoms with van der Waals surface area (Å²) < 4.78 is 0. The fraction of sp³-hybridized carbons (Fsp3) is 0.417. The van der Waals surface area contributed by atoms with Crippen molar-refractivity contribution in [2.75, 3.05) is 18.0 Å². The van der Waals surface area contributed by atoms with E-state index in [9.17, 15) is 10.1 Å². The maximum absolute atomic E-state index is 10.9. The molecular formula is C12H13N6O2-. The van der Waals surface area contributed by atoms with Gasteiger partial charge in [-0.25, -0.2) is 0 Å². The molecule has 1 aliphatic rings. The lowest BCUT2D eigenvalue weighted by Crippen LogP contribution is -2.29. The van der Waals surface area contributed by atoms with E-state index in [1.165, 1.54) is 18.6 Å². The van der Waals surface area contributed by atoms with E-state index in [0.29, 0.717) is 11.4 Å². The minimum absolute atomic E-state index is 0.0190. The second-order valence-corrected chi connectivity index (χ2v) is 4.71. The topological polar surface area (TPSA) is 99.2 Å². The van der Waals surface area contributed by atoms with Gasteiger partial charge in [-0.15, -0.1) is 0 Å². The van der Waals surface area contributed by atoms with Crippen molar-refractivity contribution in [3.05, 3.63) is 28.3 Å². The molecule has 1 saturated heterocycles. The zero-order valence-corrected chi connectivity index (χ0v) is 10.8. The van der Waals surface area contributed by atoms with Crippen LogP contribution >= 0.6 is 0 Å². The SMILES string of the molecule is O=[N+]([O-])c1ccc(N2CCCCC2)c(-c2nnn[n-]2)c1. The van der Waals surface area contributed by atoms with Crippen LogP contribution in [0.1, 0.15) is 19.3 Å². The Morgan fingerprint density at radius 3 is 2.70 bits per heavy atom. The highest BCUT2D eigenvalue weighted by Gasteiger charge is 2.18. The average Bonchev–Trinajstić information content (AvgIpc) is 3.01. The summed E-state index contributed by atoms with van der Waals surface area (Å²) in [6, 6.07) is 4.76. The average molecular weight is 273 g/mol. The highest BCUT2D eigenvalue weighted by Crippen LogP contribution is 2.33. The molecule has 1 fully saturated rings. The van der Waals surface area contributed by atoms with E-state index in [-0.39, 0.29) is 5.69 Å². The van der Waals surface area contributed by atoms with Gasteiger partial charge in [0.1, 0.15) is 0 Å². The molecule has 1 aromatic carbocycles. The number of nitro groups is 1. The predicted molar refractivity (Wildman–Crippen MR) is 71.3 cm³/mol. The summed E-state index contributed by atoms with van der Waals surface area (Å²) in [5.74, 6) is 0.328. The first-order valence-corrected chi connectivity index (χ1v) is 6.48. The minimum Gasteiger partial charge on any atom is -0.371 e. The van der Waals surface area contributed by atoms with Crippen LogP contribution in [0.3, 0.4) is 0 Å². The van der Waals surface area contributed by atoms with Gasteiger partial charge in [0.15, 0.2) is 0 Å². The van der Waals surface area contributed by atoms with Gasteiger partial charge in [0.05, 0.1) is 4.92 Å². The number of benzene rings is 1. The van der Waals surface area contributed by atoms with Gasteiger partial charge in [0.25, 0.3) is 5.69 Å². The second-order valence-electron chi connectivity index (χ2n) is 4.71. The number of hydrogen-bond donors (Lipinski definition) is 0. The number of tetrazole rings is 1. The zero-order valence-electron chi connectivity index (χ0n) is 10.8. The molecule has 2 aromatic rings. The van der Waals surface area contributed by atoms with Crippen molar-refractivity contribution in [1.29, 1.82) is 0 Å². The molecule has 20 heavy (non-hydrogen) atoms. The Kier molecular flexibility index (Phi) is 3.28. The van der Waals surface area contributed by atoms with Crippen molar-refractivity contribution in [3.8, 4) is 11.4 Å². The number of nitrogens with zero attached hydrogens (tertiary/aromatic N) is 6. The molecule has 0 saturated carbocycles. The van der Waals surface area contributed by atoms with Crippen LogP contribution in [0.25, 0.3) is 11.4 Å². The standard InChI is InChI=1S/C12H13N6O2/c19-18(20)9-4-5-11(17-6-2-1-3-7-17)10(8-9)12-13-15-16-14-12/h4-5,8H,1-3,6-7H2/q-1. The lowest BCUT2D eigenvalue weighted by atomic mass is 10.1. The molecule has 1 aromatic heterocycles. The molecule has 1 aliphatic heterocycles. The summed E-state index contributed by atoms with van der Waals surface area (Å²) in [5.41, 5.74) is 1.54. The maximum Gasteiger partial charge on any atom is 0.270 e. The highest BCUT2D eigenvalue weighted by molar-refractivity contribution is 5.76. The smallest absolute Gasteiger partial charge is 0.270 e. The highest BCUT2D eigenvalue weighted by atomic mass is 16.6. The van der Waals surface area contributed by atoms with E-state index < -0.39 is 4.92 Å². The van der Waals surface area contributed by atoms with Crippen LogP contribution in [-0.4, -0.2) is 33.5 Å². The Balaban J connectivity index is 2.06. The van der Waals surface area contributed by atoms with Crippen molar-refractivity contribution in [1.82, 2.24) is 20.6 Å². The summed E-state index contributed by atoms with van der Waals surface area (Å²) in [6.07, 6.45) is 3.46. The number of piperidine rings is 1. The molecule has 2 heterocycles. The number of aromatic nitrogens is 4. The Hall–Kier alpha value is -2.51. The van der Waals surface area contributed by atoms with Crippen LogP contribution < -0.4 is 10.00 Å². The number of nitro benzene ring substituents is 1. The molecular weight excluding hydrogens is 260 g/mol. The van der Waals surface area contributed by atoms with Crippen molar-refractivity contribution in [3.63, 3.8) is 0 Å².